The van der Waals surface area contributed by atoms with Gasteiger partial charge in [-0.15, -0.1) is 9.24 Å². The first-order valence-electron chi connectivity index (χ1n) is 9.43. The highest BCUT2D eigenvalue weighted by molar-refractivity contribution is 7.16. The maximum absolute atomic E-state index is 12.5. The van der Waals surface area contributed by atoms with Gasteiger partial charge in [0, 0.05) is 17.6 Å². The fourth-order valence-electron chi connectivity index (χ4n) is 3.63. The topological polar surface area (TPSA) is 17.1 Å². The van der Waals surface area contributed by atoms with E-state index in [1.165, 1.54) is 16.7 Å². The molecule has 3 aromatic carbocycles. The third-order valence-corrected chi connectivity index (χ3v) is 5.41. The van der Waals surface area contributed by atoms with Crippen LogP contribution in [-0.4, -0.2) is 11.9 Å². The molecule has 0 bridgehead atoms. The van der Waals surface area contributed by atoms with Crippen molar-refractivity contribution in [2.45, 2.75) is 19.3 Å². The molecule has 1 atom stereocenters. The molecule has 3 aromatic rings. The molecule has 27 heavy (non-hydrogen) atoms. The lowest BCUT2D eigenvalue weighted by atomic mass is 10.0. The van der Waals surface area contributed by atoms with Gasteiger partial charge in [0.2, 0.25) is 0 Å². The third-order valence-electron chi connectivity index (χ3n) is 5.12. The molecule has 0 N–H and O–H groups in total. The van der Waals surface area contributed by atoms with E-state index in [4.69, 9.17) is 0 Å². The Balaban J connectivity index is 1.46. The number of aryl methyl sites for hydroxylation is 1. The van der Waals surface area contributed by atoms with Crippen LogP contribution in [-0.2, 0) is 19.3 Å². The second-order valence-electron chi connectivity index (χ2n) is 7.11. The van der Waals surface area contributed by atoms with Crippen molar-refractivity contribution in [3.63, 3.8) is 0 Å². The molecule has 0 aromatic heterocycles. The first-order valence-corrected chi connectivity index (χ1v) is 10.2. The maximum atomic E-state index is 12.5. The number of hydrogen-bond acceptors (Lipinski definition) is 1. The summed E-state index contributed by atoms with van der Waals surface area (Å²) in [5.74, 6) is 0.167. The number of benzene rings is 3. The quantitative estimate of drug-likeness (QED) is 0.427. The van der Waals surface area contributed by atoms with Crippen LogP contribution < -0.4 is 0 Å². The van der Waals surface area contributed by atoms with Crippen LogP contribution in [0.5, 0.6) is 0 Å². The summed E-state index contributed by atoms with van der Waals surface area (Å²) in [7, 11) is 2.78. The molecule has 1 unspecified atom stereocenters. The summed E-state index contributed by atoms with van der Waals surface area (Å²) >= 11 is 0. The average molecular weight is 370 g/mol. The number of carbonyl (C=O) groups is 1. The molecule has 0 saturated heterocycles. The number of rotatable bonds is 5. The minimum atomic E-state index is 0.167. The molecule has 2 heteroatoms. The number of hydrogen-bond donors (Lipinski definition) is 0. The predicted octanol–water partition coefficient (Wildman–Crippen LogP) is 5.52. The molecule has 0 radical (unpaired) electrons. The number of fused-ring (bicyclic) bond motifs is 1. The zero-order chi connectivity index (χ0) is 18.6. The minimum Gasteiger partial charge on any atom is -0.289 e. The van der Waals surface area contributed by atoms with Crippen LogP contribution in [0.25, 0.3) is 6.08 Å². The molecule has 0 aliphatic heterocycles. The molecule has 1 nitrogen and oxygen atoms in total. The van der Waals surface area contributed by atoms with Gasteiger partial charge in [0.1, 0.15) is 0 Å². The molecular weight excluding hydrogens is 347 g/mol. The summed E-state index contributed by atoms with van der Waals surface area (Å²) < 4.78 is 0. The highest BCUT2D eigenvalue weighted by Gasteiger charge is 2.23. The molecular formula is C25H23OP. The summed E-state index contributed by atoms with van der Waals surface area (Å²) in [5, 5.41) is 0. The van der Waals surface area contributed by atoms with E-state index in [-0.39, 0.29) is 5.78 Å². The van der Waals surface area contributed by atoms with Gasteiger partial charge < -0.3 is 0 Å². The van der Waals surface area contributed by atoms with Crippen LogP contribution in [0.1, 0.15) is 38.2 Å². The summed E-state index contributed by atoms with van der Waals surface area (Å²) in [6.45, 7) is 0. The zero-order valence-electron chi connectivity index (χ0n) is 15.3. The van der Waals surface area contributed by atoms with Crippen LogP contribution in [0.3, 0.4) is 0 Å². The van der Waals surface area contributed by atoms with Gasteiger partial charge in [-0.25, -0.2) is 0 Å². The van der Waals surface area contributed by atoms with Gasteiger partial charge in [-0.05, 0) is 52.9 Å². The van der Waals surface area contributed by atoms with Gasteiger partial charge in [-0.2, -0.15) is 0 Å². The lowest BCUT2D eigenvalue weighted by molar-refractivity contribution is 0.104. The number of carbonyl (C=O) groups excluding carboxylic acids is 1. The van der Waals surface area contributed by atoms with E-state index in [1.807, 2.05) is 30.3 Å². The summed E-state index contributed by atoms with van der Waals surface area (Å²) in [5.41, 5.74) is 7.96. The smallest absolute Gasteiger partial charge is 0.189 e. The largest absolute Gasteiger partial charge is 0.289 e. The normalized spacial score (nSPS) is 14.6. The number of Topliss-reactive ketones (excluding diaryl/α,β-unsaturated/α-hetero) is 1. The van der Waals surface area contributed by atoms with E-state index < -0.39 is 0 Å². The van der Waals surface area contributed by atoms with Crippen molar-refractivity contribution >= 4 is 21.1 Å². The van der Waals surface area contributed by atoms with Crippen LogP contribution in [0.4, 0.5) is 0 Å². The van der Waals surface area contributed by atoms with Gasteiger partial charge in [-0.3, -0.25) is 4.79 Å². The average Bonchev–Trinajstić information content (AvgIpc) is 3.01. The maximum Gasteiger partial charge on any atom is 0.189 e. The van der Waals surface area contributed by atoms with Crippen molar-refractivity contribution in [1.82, 2.24) is 0 Å². The highest BCUT2D eigenvalue weighted by Crippen LogP contribution is 2.27. The molecule has 0 amide bonds. The minimum absolute atomic E-state index is 0.167. The van der Waals surface area contributed by atoms with E-state index in [9.17, 15) is 4.79 Å². The fraction of sp³-hybridized carbons (Fsp3) is 0.160. The summed E-state index contributed by atoms with van der Waals surface area (Å²) in [4.78, 5) is 12.5. The number of allylic oxidation sites excluding steroid dienone is 1. The highest BCUT2D eigenvalue weighted by atomic mass is 31.0. The Kier molecular flexibility index (Phi) is 5.32. The van der Waals surface area contributed by atoms with Crippen molar-refractivity contribution in [2.75, 3.05) is 6.16 Å². The Morgan fingerprint density at radius 1 is 0.815 bits per heavy atom. The van der Waals surface area contributed by atoms with Crippen LogP contribution in [0.15, 0.2) is 78.4 Å². The van der Waals surface area contributed by atoms with E-state index in [1.54, 1.807) is 0 Å². The van der Waals surface area contributed by atoms with Gasteiger partial charge in [0.05, 0.1) is 0 Å². The molecule has 0 saturated carbocycles. The standard InChI is InChI=1S/C25H23OP/c26-25-23(17-22-3-1-2-4-24(22)25)16-21-11-9-20(10-12-21)15-19-7-5-18(6-8-19)13-14-27/h1-12,16H,13-15,17,27H2/b23-16+. The lowest BCUT2D eigenvalue weighted by Crippen LogP contribution is -1.95. The first kappa shape index (κ1) is 17.9. The van der Waals surface area contributed by atoms with Gasteiger partial charge in [-0.1, -0.05) is 72.8 Å². The third kappa shape index (κ3) is 4.10. The molecule has 1 aliphatic carbocycles. The van der Waals surface area contributed by atoms with Crippen molar-refractivity contribution in [3.05, 3.63) is 112 Å². The lowest BCUT2D eigenvalue weighted by Gasteiger charge is -2.05. The van der Waals surface area contributed by atoms with E-state index in [0.29, 0.717) is 0 Å². The fourth-order valence-corrected chi connectivity index (χ4v) is 3.96. The summed E-state index contributed by atoms with van der Waals surface area (Å²) in [6, 6.07) is 25.3. The Bertz CT molecular complexity index is 982. The Morgan fingerprint density at radius 3 is 2.11 bits per heavy atom. The summed E-state index contributed by atoms with van der Waals surface area (Å²) in [6.07, 6.45) is 5.91. The van der Waals surface area contributed by atoms with Crippen molar-refractivity contribution in [1.29, 1.82) is 0 Å². The van der Waals surface area contributed by atoms with Crippen LogP contribution in [0, 0.1) is 0 Å². The van der Waals surface area contributed by atoms with E-state index in [0.717, 1.165) is 47.7 Å². The Morgan fingerprint density at radius 2 is 1.44 bits per heavy atom. The monoisotopic (exact) mass is 370 g/mol. The Labute approximate surface area is 163 Å². The van der Waals surface area contributed by atoms with Crippen molar-refractivity contribution in [3.8, 4) is 0 Å². The molecule has 0 spiro atoms. The first-order chi connectivity index (χ1) is 13.2. The molecule has 0 heterocycles. The molecule has 1 aliphatic rings. The Hall–Kier alpha value is -2.50. The van der Waals surface area contributed by atoms with Gasteiger partial charge in [0.15, 0.2) is 5.78 Å². The van der Waals surface area contributed by atoms with Gasteiger partial charge in [0.25, 0.3) is 0 Å². The van der Waals surface area contributed by atoms with Gasteiger partial charge >= 0.3 is 0 Å². The zero-order valence-corrected chi connectivity index (χ0v) is 16.5. The van der Waals surface area contributed by atoms with E-state index >= 15 is 0 Å². The second kappa shape index (κ2) is 8.03. The number of ketones is 1. The molecule has 134 valence electrons. The van der Waals surface area contributed by atoms with Crippen molar-refractivity contribution < 1.29 is 4.79 Å². The molecule has 0 fully saturated rings. The van der Waals surface area contributed by atoms with E-state index in [2.05, 4.69) is 57.8 Å². The predicted molar refractivity (Wildman–Crippen MR) is 116 cm³/mol. The van der Waals surface area contributed by atoms with Crippen LogP contribution >= 0.6 is 9.24 Å². The SMILES string of the molecule is O=C1/C(=C/c2ccc(Cc3ccc(CCP)cc3)cc2)Cc2ccccc21. The second-order valence-corrected chi connectivity index (χ2v) is 7.68. The molecule has 4 rings (SSSR count). The van der Waals surface area contributed by atoms with Crippen LogP contribution in [0.2, 0.25) is 0 Å². The van der Waals surface area contributed by atoms with Crippen molar-refractivity contribution in [2.24, 2.45) is 0 Å².